The summed E-state index contributed by atoms with van der Waals surface area (Å²) in [6, 6.07) is 14.6. The second-order valence-corrected chi connectivity index (χ2v) is 12.1. The second kappa shape index (κ2) is 8.77. The number of carbonyl (C=O) groups is 2. The highest BCUT2D eigenvalue weighted by Crippen LogP contribution is 2.63. The van der Waals surface area contributed by atoms with Crippen LogP contribution >= 0.6 is 23.2 Å². The largest absolute Gasteiger partial charge is 0.478 e. The molecular weight excluding hydrogens is 554 g/mol. The average molecular weight is 579 g/mol. The van der Waals surface area contributed by atoms with E-state index < -0.39 is 29.3 Å². The van der Waals surface area contributed by atoms with Gasteiger partial charge < -0.3 is 10.4 Å². The third-order valence-corrected chi connectivity index (χ3v) is 9.16. The van der Waals surface area contributed by atoms with E-state index >= 15 is 4.39 Å². The third kappa shape index (κ3) is 3.30. The molecule has 1 fully saturated rings. The number of carbonyl (C=O) groups excluding carboxylic acids is 1. The molecule has 1 aromatic heterocycles. The van der Waals surface area contributed by atoms with Crippen molar-refractivity contribution in [3.05, 3.63) is 92.8 Å². The van der Waals surface area contributed by atoms with Crippen molar-refractivity contribution in [2.24, 2.45) is 5.92 Å². The maximum Gasteiger partial charge on any atom is 0.335 e. The third-order valence-electron chi connectivity index (χ3n) is 8.64. The van der Waals surface area contributed by atoms with Crippen LogP contribution in [0.5, 0.6) is 0 Å². The van der Waals surface area contributed by atoms with E-state index in [1.807, 2.05) is 10.7 Å². The predicted octanol–water partition coefficient (Wildman–Crippen LogP) is 6.25. The normalized spacial score (nSPS) is 25.1. The maximum atomic E-state index is 16.0. The van der Waals surface area contributed by atoms with Crippen molar-refractivity contribution in [1.82, 2.24) is 14.7 Å². The van der Waals surface area contributed by atoms with Crippen LogP contribution in [0, 0.1) is 11.7 Å². The zero-order valence-electron chi connectivity index (χ0n) is 21.7. The standard InChI is InChI=1S/C30H25Cl2FN4O3/c1-14(2)13-36-24-12-23-17-8-6-15(28(38)39)10-21(17)35-37(23)27(24)25(18-4-3-5-20(32)26(18)33)30(36)19-9-7-16(31)11-22(19)34-29(30)40/h3-11,14,24-25,27H,12-13H2,1-2H3,(H,34,40)(H,38,39)/t24-,25-,27+,30+/m0/s1. The minimum atomic E-state index is -1.24. The van der Waals surface area contributed by atoms with Gasteiger partial charge in [0.25, 0.3) is 0 Å². The summed E-state index contributed by atoms with van der Waals surface area (Å²) >= 11 is 12.7. The first kappa shape index (κ1) is 25.5. The van der Waals surface area contributed by atoms with Gasteiger partial charge in [0.15, 0.2) is 0 Å². The molecule has 4 aromatic rings. The topological polar surface area (TPSA) is 87.5 Å². The van der Waals surface area contributed by atoms with Gasteiger partial charge in [-0.1, -0.05) is 61.3 Å². The number of fused-ring (bicyclic) bond motifs is 7. The van der Waals surface area contributed by atoms with Crippen LogP contribution < -0.4 is 5.32 Å². The van der Waals surface area contributed by atoms with Gasteiger partial charge >= 0.3 is 5.97 Å². The van der Waals surface area contributed by atoms with Crippen LogP contribution in [0.25, 0.3) is 10.9 Å². The summed E-state index contributed by atoms with van der Waals surface area (Å²) in [4.78, 5) is 28.2. The lowest BCUT2D eigenvalue weighted by atomic mass is 9.73. The van der Waals surface area contributed by atoms with Crippen molar-refractivity contribution in [3.8, 4) is 0 Å². The van der Waals surface area contributed by atoms with Crippen LogP contribution in [0.15, 0.2) is 54.6 Å². The molecule has 3 aliphatic heterocycles. The monoisotopic (exact) mass is 578 g/mol. The van der Waals surface area contributed by atoms with Crippen LogP contribution in [-0.4, -0.2) is 44.3 Å². The second-order valence-electron chi connectivity index (χ2n) is 11.3. The van der Waals surface area contributed by atoms with Gasteiger partial charge in [0, 0.05) is 52.3 Å². The Kier molecular flexibility index (Phi) is 5.59. The van der Waals surface area contributed by atoms with Gasteiger partial charge in [-0.2, -0.15) is 5.10 Å². The number of carboxylic acids is 1. The summed E-state index contributed by atoms with van der Waals surface area (Å²) in [7, 11) is 0. The number of nitrogens with zero attached hydrogens (tertiary/aromatic N) is 3. The highest BCUT2D eigenvalue weighted by molar-refractivity contribution is 6.31. The van der Waals surface area contributed by atoms with Crippen LogP contribution in [0.4, 0.5) is 10.1 Å². The SMILES string of the molecule is CC(C)CN1[C@H]2Cc3c4ccc(C(=O)O)cc4nn3[C@H]2[C@H](c2cccc(Cl)c2F)[C@]12C(=O)Nc1cc(Cl)ccc12. The minimum absolute atomic E-state index is 0.0174. The minimum Gasteiger partial charge on any atom is -0.478 e. The molecule has 0 aliphatic carbocycles. The number of amides is 1. The molecule has 4 heterocycles. The van der Waals surface area contributed by atoms with Crippen LogP contribution in [-0.2, 0) is 16.8 Å². The Morgan fingerprint density at radius 3 is 2.75 bits per heavy atom. The van der Waals surface area contributed by atoms with E-state index in [4.69, 9.17) is 28.3 Å². The van der Waals surface area contributed by atoms with Crippen molar-refractivity contribution in [2.45, 2.75) is 43.8 Å². The molecule has 1 saturated heterocycles. The fraction of sp³-hybridized carbons (Fsp3) is 0.300. The Bertz CT molecular complexity index is 1750. The van der Waals surface area contributed by atoms with E-state index in [9.17, 15) is 14.7 Å². The fourth-order valence-electron chi connectivity index (χ4n) is 7.30. The van der Waals surface area contributed by atoms with Gasteiger partial charge in [-0.25, -0.2) is 9.18 Å². The number of hydrogen-bond acceptors (Lipinski definition) is 4. The van der Waals surface area contributed by atoms with Crippen molar-refractivity contribution >= 4 is 51.7 Å². The molecule has 1 spiro atoms. The Balaban J connectivity index is 1.54. The molecule has 0 unspecified atom stereocenters. The zero-order valence-corrected chi connectivity index (χ0v) is 23.2. The van der Waals surface area contributed by atoms with E-state index in [1.54, 1.807) is 42.5 Å². The van der Waals surface area contributed by atoms with Crippen molar-refractivity contribution in [2.75, 3.05) is 11.9 Å². The summed E-state index contributed by atoms with van der Waals surface area (Å²) in [6.07, 6.45) is 0.566. The number of anilines is 1. The number of carboxylic acid groups (broad SMARTS) is 1. The van der Waals surface area contributed by atoms with Gasteiger partial charge in [0.1, 0.15) is 11.4 Å². The summed E-state index contributed by atoms with van der Waals surface area (Å²) in [6.45, 7) is 4.78. The number of hydrogen-bond donors (Lipinski definition) is 2. The Morgan fingerprint density at radius 1 is 1.20 bits per heavy atom. The number of halogens is 3. The molecule has 1 amide bonds. The smallest absolute Gasteiger partial charge is 0.335 e. The highest BCUT2D eigenvalue weighted by atomic mass is 35.5. The molecule has 4 atom stereocenters. The number of aromatic nitrogens is 2. The first-order chi connectivity index (χ1) is 19.1. The van der Waals surface area contributed by atoms with Crippen molar-refractivity contribution in [1.29, 1.82) is 0 Å². The van der Waals surface area contributed by atoms with E-state index in [0.29, 0.717) is 34.8 Å². The number of rotatable bonds is 4. The molecule has 40 heavy (non-hydrogen) atoms. The number of nitrogens with one attached hydrogen (secondary N) is 1. The van der Waals surface area contributed by atoms with E-state index in [2.05, 4.69) is 24.1 Å². The molecule has 2 N–H and O–H groups in total. The van der Waals surface area contributed by atoms with Crippen LogP contribution in [0.2, 0.25) is 10.0 Å². The number of likely N-dealkylation sites (tertiary alicyclic amines) is 1. The molecule has 10 heteroatoms. The Labute approximate surface area is 239 Å². The fourth-order valence-corrected chi connectivity index (χ4v) is 7.65. The quantitative estimate of drug-likeness (QED) is 0.299. The molecule has 0 bridgehead atoms. The highest BCUT2D eigenvalue weighted by Gasteiger charge is 2.69. The first-order valence-electron chi connectivity index (χ1n) is 13.2. The van der Waals surface area contributed by atoms with Crippen molar-refractivity contribution in [3.63, 3.8) is 0 Å². The summed E-state index contributed by atoms with van der Waals surface area (Å²) in [5.41, 5.74) is 2.08. The lowest BCUT2D eigenvalue weighted by molar-refractivity contribution is -0.128. The molecule has 204 valence electrons. The van der Waals surface area contributed by atoms with Gasteiger partial charge in [0.05, 0.1) is 22.1 Å². The lowest BCUT2D eigenvalue weighted by Gasteiger charge is -2.40. The van der Waals surface area contributed by atoms with Gasteiger partial charge in [-0.3, -0.25) is 14.4 Å². The van der Waals surface area contributed by atoms with E-state index in [-0.39, 0.29) is 28.5 Å². The van der Waals surface area contributed by atoms with E-state index in [0.717, 1.165) is 16.6 Å². The maximum absolute atomic E-state index is 16.0. The lowest BCUT2D eigenvalue weighted by Crippen LogP contribution is -2.53. The number of aromatic carboxylic acids is 1. The predicted molar refractivity (Wildman–Crippen MR) is 151 cm³/mol. The van der Waals surface area contributed by atoms with Crippen LogP contribution in [0.1, 0.15) is 53.0 Å². The molecule has 7 rings (SSSR count). The Morgan fingerprint density at radius 2 is 2.00 bits per heavy atom. The molecule has 3 aromatic carbocycles. The zero-order chi connectivity index (χ0) is 28.1. The van der Waals surface area contributed by atoms with Crippen molar-refractivity contribution < 1.29 is 19.1 Å². The van der Waals surface area contributed by atoms with Crippen LogP contribution in [0.3, 0.4) is 0 Å². The van der Waals surface area contributed by atoms with Gasteiger partial charge in [-0.05, 0) is 41.8 Å². The first-order valence-corrected chi connectivity index (χ1v) is 13.9. The molecular formula is C30H25Cl2FN4O3. The Hall–Kier alpha value is -3.46. The van der Waals surface area contributed by atoms with Gasteiger partial charge in [-0.15, -0.1) is 0 Å². The number of benzene rings is 3. The molecule has 7 nitrogen and oxygen atoms in total. The summed E-state index contributed by atoms with van der Waals surface area (Å²) in [5, 5.41) is 18.8. The van der Waals surface area contributed by atoms with Gasteiger partial charge in [0.2, 0.25) is 5.91 Å². The average Bonchev–Trinajstić information content (AvgIpc) is 3.59. The molecule has 0 radical (unpaired) electrons. The van der Waals surface area contributed by atoms with E-state index in [1.165, 1.54) is 6.07 Å². The summed E-state index contributed by atoms with van der Waals surface area (Å²) < 4.78 is 17.9. The molecule has 0 saturated carbocycles. The molecule has 3 aliphatic rings. The summed E-state index contributed by atoms with van der Waals surface area (Å²) in [5.74, 6) is -2.32.